The second kappa shape index (κ2) is 10.1. The van der Waals surface area contributed by atoms with Crippen molar-refractivity contribution in [2.24, 2.45) is 0 Å². The van der Waals surface area contributed by atoms with E-state index in [2.05, 4.69) is 10.3 Å². The minimum atomic E-state index is -0.413. The van der Waals surface area contributed by atoms with Crippen molar-refractivity contribution < 1.29 is 18.7 Å². The minimum Gasteiger partial charge on any atom is -0.484 e. The molecule has 33 heavy (non-hydrogen) atoms. The van der Waals surface area contributed by atoms with E-state index in [1.54, 1.807) is 77.6 Å². The molecule has 0 aliphatic rings. The van der Waals surface area contributed by atoms with Gasteiger partial charge in [0, 0.05) is 35.1 Å². The van der Waals surface area contributed by atoms with E-state index in [4.69, 9.17) is 16.3 Å². The molecule has 4 rings (SSSR count). The normalized spacial score (nSPS) is 10.6. The van der Waals surface area contributed by atoms with Crippen LogP contribution in [0.3, 0.4) is 0 Å². The smallest absolute Gasteiger partial charge is 0.258 e. The molecule has 6 nitrogen and oxygen atoms in total. The Labute approximate surface area is 194 Å². The van der Waals surface area contributed by atoms with Gasteiger partial charge in [-0.05, 0) is 66.2 Å². The van der Waals surface area contributed by atoms with Gasteiger partial charge in [0.2, 0.25) is 0 Å². The molecule has 1 heterocycles. The highest BCUT2D eigenvalue weighted by molar-refractivity contribution is 6.30. The largest absolute Gasteiger partial charge is 0.484 e. The van der Waals surface area contributed by atoms with Crippen molar-refractivity contribution in [2.45, 2.75) is 6.54 Å². The first-order chi connectivity index (χ1) is 16.0. The number of ketones is 1. The Morgan fingerprint density at radius 1 is 1.00 bits per heavy atom. The summed E-state index contributed by atoms with van der Waals surface area (Å²) in [7, 11) is 0. The monoisotopic (exact) mass is 463 g/mol. The maximum Gasteiger partial charge on any atom is 0.258 e. The van der Waals surface area contributed by atoms with E-state index in [1.807, 2.05) is 0 Å². The number of aromatic nitrogens is 2. The third-order valence-electron chi connectivity index (χ3n) is 4.88. The summed E-state index contributed by atoms with van der Waals surface area (Å²) in [5, 5.41) is 3.25. The van der Waals surface area contributed by atoms with Crippen molar-refractivity contribution >= 4 is 23.3 Å². The molecule has 0 aliphatic heterocycles. The molecular weight excluding hydrogens is 445 g/mol. The van der Waals surface area contributed by atoms with Crippen LogP contribution in [0, 0.1) is 5.82 Å². The van der Waals surface area contributed by atoms with Crippen LogP contribution in [0.25, 0.3) is 5.69 Å². The van der Waals surface area contributed by atoms with Crippen molar-refractivity contribution in [3.8, 4) is 11.4 Å². The number of benzene rings is 3. The number of imidazole rings is 1. The number of ether oxygens (including phenoxy) is 1. The lowest BCUT2D eigenvalue weighted by Gasteiger charge is -2.10. The number of carbonyl (C=O) groups is 2. The molecule has 1 aromatic heterocycles. The second-order valence-corrected chi connectivity index (χ2v) is 7.62. The fourth-order valence-electron chi connectivity index (χ4n) is 3.14. The molecule has 8 heteroatoms. The van der Waals surface area contributed by atoms with E-state index in [0.717, 1.165) is 0 Å². The summed E-state index contributed by atoms with van der Waals surface area (Å²) in [5.41, 5.74) is 2.02. The first-order valence-electron chi connectivity index (χ1n) is 10.1. The molecular formula is C25H19ClFN3O3. The van der Waals surface area contributed by atoms with Crippen molar-refractivity contribution in [1.29, 1.82) is 0 Å². The van der Waals surface area contributed by atoms with E-state index >= 15 is 0 Å². The van der Waals surface area contributed by atoms with E-state index in [9.17, 15) is 14.0 Å². The Kier molecular flexibility index (Phi) is 6.80. The summed E-state index contributed by atoms with van der Waals surface area (Å²) >= 11 is 5.85. The Morgan fingerprint density at radius 2 is 1.70 bits per heavy atom. The molecule has 1 amide bonds. The van der Waals surface area contributed by atoms with Gasteiger partial charge in [0.25, 0.3) is 5.91 Å². The molecule has 0 atom stereocenters. The predicted octanol–water partition coefficient (Wildman–Crippen LogP) is 4.59. The topological polar surface area (TPSA) is 73.2 Å². The highest BCUT2D eigenvalue weighted by atomic mass is 35.5. The number of nitrogens with one attached hydrogen (secondary N) is 1. The number of nitrogens with zero attached hydrogens (tertiary/aromatic N) is 2. The number of rotatable bonds is 8. The number of hydrogen-bond donors (Lipinski definition) is 1. The van der Waals surface area contributed by atoms with Gasteiger partial charge in [-0.2, -0.15) is 0 Å². The van der Waals surface area contributed by atoms with Crippen molar-refractivity contribution in [1.82, 2.24) is 14.9 Å². The van der Waals surface area contributed by atoms with Crippen LogP contribution in [0.15, 0.2) is 85.5 Å². The van der Waals surface area contributed by atoms with E-state index in [1.165, 1.54) is 12.4 Å². The Bertz CT molecular complexity index is 1260. The van der Waals surface area contributed by atoms with E-state index in [-0.39, 0.29) is 24.8 Å². The zero-order valence-electron chi connectivity index (χ0n) is 17.4. The van der Waals surface area contributed by atoms with Crippen LogP contribution in [0.5, 0.6) is 5.75 Å². The Morgan fingerprint density at radius 3 is 2.33 bits per heavy atom. The quantitative estimate of drug-likeness (QED) is 0.388. The number of amides is 1. The molecule has 0 radical (unpaired) electrons. The zero-order valence-corrected chi connectivity index (χ0v) is 18.1. The maximum atomic E-state index is 14.3. The van der Waals surface area contributed by atoms with Gasteiger partial charge in [-0.3, -0.25) is 9.59 Å². The lowest BCUT2D eigenvalue weighted by atomic mass is 10.0. The van der Waals surface area contributed by atoms with Crippen LogP contribution < -0.4 is 10.1 Å². The molecule has 0 bridgehead atoms. The van der Waals surface area contributed by atoms with Gasteiger partial charge in [-0.1, -0.05) is 17.7 Å². The predicted molar refractivity (Wildman–Crippen MR) is 122 cm³/mol. The molecule has 0 fully saturated rings. The molecule has 0 saturated heterocycles. The molecule has 166 valence electrons. The average molecular weight is 464 g/mol. The zero-order chi connectivity index (χ0) is 23.2. The highest BCUT2D eigenvalue weighted by Gasteiger charge is 2.10. The summed E-state index contributed by atoms with van der Waals surface area (Å²) in [4.78, 5) is 28.5. The van der Waals surface area contributed by atoms with Crippen molar-refractivity contribution in [3.05, 3.63) is 113 Å². The summed E-state index contributed by atoms with van der Waals surface area (Å²) in [5.74, 6) is -0.449. The van der Waals surface area contributed by atoms with E-state index in [0.29, 0.717) is 33.1 Å². The van der Waals surface area contributed by atoms with Crippen LogP contribution in [-0.4, -0.2) is 27.8 Å². The number of halogens is 2. The minimum absolute atomic E-state index is 0.137. The van der Waals surface area contributed by atoms with Gasteiger partial charge >= 0.3 is 0 Å². The lowest BCUT2D eigenvalue weighted by molar-refractivity contribution is -0.123. The van der Waals surface area contributed by atoms with Crippen LogP contribution >= 0.6 is 11.6 Å². The standard InChI is InChI=1S/C25H19ClFN3O3/c26-20-6-2-18(3-7-20)25(32)19-4-8-21(9-5-19)33-15-24(31)29-14-17-1-10-23(22(27)13-17)30-12-11-28-16-30/h1-13,16H,14-15H2,(H,29,31). The summed E-state index contributed by atoms with van der Waals surface area (Å²) in [6.45, 7) is -0.0437. The first-order valence-corrected chi connectivity index (χ1v) is 10.4. The Hall–Kier alpha value is -3.97. The van der Waals surface area contributed by atoms with Crippen LogP contribution in [0.1, 0.15) is 21.5 Å². The van der Waals surface area contributed by atoms with Crippen molar-refractivity contribution in [3.63, 3.8) is 0 Å². The van der Waals surface area contributed by atoms with Gasteiger partial charge in [-0.15, -0.1) is 0 Å². The molecule has 0 unspecified atom stereocenters. The van der Waals surface area contributed by atoms with Crippen LogP contribution in [0.2, 0.25) is 5.02 Å². The third-order valence-corrected chi connectivity index (χ3v) is 5.13. The lowest BCUT2D eigenvalue weighted by Crippen LogP contribution is -2.28. The molecule has 1 N–H and O–H groups in total. The first kappa shape index (κ1) is 22.2. The van der Waals surface area contributed by atoms with Crippen LogP contribution in [-0.2, 0) is 11.3 Å². The maximum absolute atomic E-state index is 14.3. The van der Waals surface area contributed by atoms with Gasteiger partial charge in [-0.25, -0.2) is 9.37 Å². The molecule has 0 saturated carbocycles. The van der Waals surface area contributed by atoms with Crippen LogP contribution in [0.4, 0.5) is 4.39 Å². The van der Waals surface area contributed by atoms with Gasteiger partial charge in [0.15, 0.2) is 12.4 Å². The highest BCUT2D eigenvalue weighted by Crippen LogP contribution is 2.18. The number of hydrogen-bond acceptors (Lipinski definition) is 4. The SMILES string of the molecule is O=C(COc1ccc(C(=O)c2ccc(Cl)cc2)cc1)NCc1ccc(-n2ccnc2)c(F)c1. The summed E-state index contributed by atoms with van der Waals surface area (Å²) < 4.78 is 21.4. The third kappa shape index (κ3) is 5.64. The summed E-state index contributed by atoms with van der Waals surface area (Å²) in [6, 6.07) is 17.9. The number of carbonyl (C=O) groups excluding carboxylic acids is 2. The molecule has 3 aromatic carbocycles. The van der Waals surface area contributed by atoms with Gasteiger partial charge in [0.05, 0.1) is 12.0 Å². The second-order valence-electron chi connectivity index (χ2n) is 7.18. The van der Waals surface area contributed by atoms with Gasteiger partial charge < -0.3 is 14.6 Å². The van der Waals surface area contributed by atoms with E-state index < -0.39 is 5.82 Å². The van der Waals surface area contributed by atoms with Crippen molar-refractivity contribution in [2.75, 3.05) is 6.61 Å². The summed E-state index contributed by atoms with van der Waals surface area (Å²) in [6.07, 6.45) is 4.73. The molecule has 0 spiro atoms. The average Bonchev–Trinajstić information content (AvgIpc) is 3.36. The Balaban J connectivity index is 1.27. The molecule has 0 aliphatic carbocycles. The van der Waals surface area contributed by atoms with Gasteiger partial charge in [0.1, 0.15) is 11.6 Å². The fraction of sp³-hybridized carbons (Fsp3) is 0.0800. The molecule has 4 aromatic rings. The fourth-order valence-corrected chi connectivity index (χ4v) is 3.27.